The Hall–Kier alpha value is -4.11. The fourth-order valence-corrected chi connectivity index (χ4v) is 4.31. The predicted octanol–water partition coefficient (Wildman–Crippen LogP) is 4.70. The van der Waals surface area contributed by atoms with Crippen molar-refractivity contribution in [3.05, 3.63) is 60.4 Å². The van der Waals surface area contributed by atoms with Gasteiger partial charge in [0.15, 0.2) is 17.2 Å². The topological polar surface area (TPSA) is 105 Å². The van der Waals surface area contributed by atoms with Crippen molar-refractivity contribution in [1.82, 2.24) is 35.1 Å². The number of nitrogens with zero attached hydrogens (tertiary/aromatic N) is 5. The summed E-state index contributed by atoms with van der Waals surface area (Å²) in [6, 6.07) is 11.9. The Morgan fingerprint density at radius 1 is 1.06 bits per heavy atom. The number of methoxy groups -OCH3 is 1. The smallest absolute Gasteiger partial charge is 0.178 e. The van der Waals surface area contributed by atoms with E-state index in [0.717, 1.165) is 38.2 Å². The predicted molar refractivity (Wildman–Crippen MR) is 120 cm³/mol. The normalized spacial score (nSPS) is 11.4. The third kappa shape index (κ3) is 2.94. The van der Waals surface area contributed by atoms with Crippen molar-refractivity contribution in [1.29, 1.82) is 0 Å². The van der Waals surface area contributed by atoms with Crippen molar-refractivity contribution in [2.75, 3.05) is 7.11 Å². The molecule has 31 heavy (non-hydrogen) atoms. The van der Waals surface area contributed by atoms with Crippen molar-refractivity contribution in [2.45, 2.75) is 0 Å². The molecule has 0 saturated carbocycles. The first-order valence-electron chi connectivity index (χ1n) is 9.53. The summed E-state index contributed by atoms with van der Waals surface area (Å²) in [5.74, 6) is 1.29. The van der Waals surface area contributed by atoms with Crippen molar-refractivity contribution in [2.24, 2.45) is 0 Å². The number of fused-ring (bicyclic) bond motifs is 2. The molecule has 6 heterocycles. The minimum atomic E-state index is 0.617. The highest BCUT2D eigenvalue weighted by Crippen LogP contribution is 2.33. The first-order valence-corrected chi connectivity index (χ1v) is 10.4. The number of rotatable bonds is 4. The van der Waals surface area contributed by atoms with E-state index in [0.29, 0.717) is 22.9 Å². The van der Waals surface area contributed by atoms with Crippen molar-refractivity contribution >= 4 is 33.5 Å². The summed E-state index contributed by atoms with van der Waals surface area (Å²) in [7, 11) is 1.62. The monoisotopic (exact) mass is 425 g/mol. The van der Waals surface area contributed by atoms with Crippen LogP contribution in [0.3, 0.4) is 0 Å². The number of thiophene rings is 1. The average molecular weight is 425 g/mol. The molecule has 0 saturated heterocycles. The molecule has 0 fully saturated rings. The maximum Gasteiger partial charge on any atom is 0.178 e. The first kappa shape index (κ1) is 17.7. The lowest BCUT2D eigenvalue weighted by atomic mass is 10.1. The number of H-pyrrole nitrogens is 2. The third-order valence-corrected chi connectivity index (χ3v) is 5.96. The number of pyridine rings is 3. The van der Waals surface area contributed by atoms with Crippen LogP contribution in [-0.2, 0) is 0 Å². The summed E-state index contributed by atoms with van der Waals surface area (Å²) >= 11 is 1.68. The minimum absolute atomic E-state index is 0.617. The molecule has 6 aromatic heterocycles. The zero-order valence-corrected chi connectivity index (χ0v) is 17.1. The molecular weight excluding hydrogens is 410 g/mol. The van der Waals surface area contributed by atoms with E-state index < -0.39 is 0 Å². The van der Waals surface area contributed by atoms with Gasteiger partial charge in [-0.05, 0) is 35.7 Å². The summed E-state index contributed by atoms with van der Waals surface area (Å²) in [5, 5.41) is 9.57. The van der Waals surface area contributed by atoms with E-state index in [1.807, 2.05) is 30.3 Å². The third-order valence-electron chi connectivity index (χ3n) is 5.06. The van der Waals surface area contributed by atoms with Crippen LogP contribution in [0.25, 0.3) is 55.4 Å². The highest BCUT2D eigenvalue weighted by molar-refractivity contribution is 7.13. The van der Waals surface area contributed by atoms with Gasteiger partial charge in [0.2, 0.25) is 0 Å². The Kier molecular flexibility index (Phi) is 4.00. The number of aromatic amines is 2. The molecule has 0 aliphatic heterocycles. The lowest BCUT2D eigenvalue weighted by Crippen LogP contribution is -1.89. The average Bonchev–Trinajstić information content (AvgIpc) is 3.57. The number of ether oxygens (including phenoxy) is 1. The lowest BCUT2D eigenvalue weighted by Gasteiger charge is -2.03. The van der Waals surface area contributed by atoms with E-state index in [1.54, 1.807) is 37.0 Å². The van der Waals surface area contributed by atoms with Crippen LogP contribution in [0.1, 0.15) is 0 Å². The minimum Gasteiger partial charge on any atom is -0.495 e. The molecule has 8 nitrogen and oxygen atoms in total. The molecule has 6 rings (SSSR count). The zero-order valence-electron chi connectivity index (χ0n) is 16.3. The number of nitrogens with one attached hydrogen (secondary N) is 2. The Morgan fingerprint density at radius 2 is 2.03 bits per heavy atom. The van der Waals surface area contributed by atoms with Gasteiger partial charge in [-0.1, -0.05) is 6.07 Å². The van der Waals surface area contributed by atoms with Crippen LogP contribution < -0.4 is 4.74 Å². The second kappa shape index (κ2) is 6.99. The van der Waals surface area contributed by atoms with E-state index in [4.69, 9.17) is 9.72 Å². The molecule has 9 heteroatoms. The van der Waals surface area contributed by atoms with Crippen LogP contribution in [0.15, 0.2) is 60.4 Å². The fourth-order valence-electron chi connectivity index (χ4n) is 3.56. The van der Waals surface area contributed by atoms with E-state index in [1.165, 1.54) is 0 Å². The summed E-state index contributed by atoms with van der Waals surface area (Å²) in [6.07, 6.45) is 5.20. The summed E-state index contributed by atoms with van der Waals surface area (Å²) < 4.78 is 5.29. The van der Waals surface area contributed by atoms with Gasteiger partial charge in [0.1, 0.15) is 11.3 Å². The van der Waals surface area contributed by atoms with Crippen LogP contribution in [0.5, 0.6) is 5.75 Å². The fraction of sp³-hybridized carbons (Fsp3) is 0.0455. The number of hydrogen-bond donors (Lipinski definition) is 2. The zero-order chi connectivity index (χ0) is 20.8. The quantitative estimate of drug-likeness (QED) is 0.424. The molecule has 0 aliphatic carbocycles. The Balaban J connectivity index is 1.50. The second-order valence-electron chi connectivity index (χ2n) is 6.90. The molecule has 6 aromatic rings. The van der Waals surface area contributed by atoms with Gasteiger partial charge in [-0.15, -0.1) is 11.3 Å². The standard InChI is InChI=1S/C22H15N7OS/c1-30-13-9-12(10-23-11-13)15-4-5-16-19(25-15)20(29-28-16)22-26-18-14(17-3-2-8-31-17)6-7-24-21(18)27-22/h2-11H,1H3,(H,28,29)(H,24,26,27). The van der Waals surface area contributed by atoms with Gasteiger partial charge in [0.25, 0.3) is 0 Å². The van der Waals surface area contributed by atoms with Crippen LogP contribution in [-0.4, -0.2) is 42.2 Å². The van der Waals surface area contributed by atoms with Crippen LogP contribution in [0, 0.1) is 0 Å². The second-order valence-corrected chi connectivity index (χ2v) is 7.85. The van der Waals surface area contributed by atoms with E-state index in [-0.39, 0.29) is 0 Å². The molecule has 0 atom stereocenters. The SMILES string of the molecule is COc1cncc(-c2ccc3[nH]nc(-c4nc5nccc(-c6cccs6)c5[nH]4)c3n2)c1. The molecule has 0 aromatic carbocycles. The van der Waals surface area contributed by atoms with Gasteiger partial charge in [-0.2, -0.15) is 5.10 Å². The molecule has 0 radical (unpaired) electrons. The van der Waals surface area contributed by atoms with Gasteiger partial charge >= 0.3 is 0 Å². The van der Waals surface area contributed by atoms with Gasteiger partial charge in [-0.3, -0.25) is 10.1 Å². The number of imidazole rings is 1. The maximum absolute atomic E-state index is 5.29. The van der Waals surface area contributed by atoms with Crippen LogP contribution in [0.2, 0.25) is 0 Å². The van der Waals surface area contributed by atoms with Crippen LogP contribution >= 0.6 is 11.3 Å². The largest absolute Gasteiger partial charge is 0.495 e. The van der Waals surface area contributed by atoms with Crippen LogP contribution in [0.4, 0.5) is 0 Å². The Bertz CT molecular complexity index is 1530. The summed E-state index contributed by atoms with van der Waals surface area (Å²) in [4.78, 5) is 22.7. The summed E-state index contributed by atoms with van der Waals surface area (Å²) in [5.41, 5.74) is 6.40. The molecule has 0 aliphatic rings. The Labute approximate surface area is 180 Å². The molecule has 0 bridgehead atoms. The molecule has 2 N–H and O–H groups in total. The Morgan fingerprint density at radius 3 is 2.90 bits per heavy atom. The maximum atomic E-state index is 5.29. The molecule has 0 unspecified atom stereocenters. The molecular formula is C22H15N7OS. The molecule has 150 valence electrons. The van der Waals surface area contributed by atoms with Gasteiger partial charge in [-0.25, -0.2) is 15.0 Å². The molecule has 0 spiro atoms. The van der Waals surface area contributed by atoms with Gasteiger partial charge in [0.05, 0.1) is 30.0 Å². The van der Waals surface area contributed by atoms with Gasteiger partial charge < -0.3 is 9.72 Å². The van der Waals surface area contributed by atoms with Gasteiger partial charge in [0, 0.05) is 28.4 Å². The van der Waals surface area contributed by atoms with Crippen molar-refractivity contribution in [3.63, 3.8) is 0 Å². The number of aromatic nitrogens is 7. The molecule has 0 amide bonds. The van der Waals surface area contributed by atoms with E-state index in [9.17, 15) is 0 Å². The highest BCUT2D eigenvalue weighted by Gasteiger charge is 2.17. The van der Waals surface area contributed by atoms with E-state index >= 15 is 0 Å². The lowest BCUT2D eigenvalue weighted by molar-refractivity contribution is 0.413. The highest BCUT2D eigenvalue weighted by atomic mass is 32.1. The number of hydrogen-bond acceptors (Lipinski definition) is 7. The first-order chi connectivity index (χ1) is 15.3. The van der Waals surface area contributed by atoms with Crippen molar-refractivity contribution < 1.29 is 4.74 Å². The summed E-state index contributed by atoms with van der Waals surface area (Å²) in [6.45, 7) is 0. The van der Waals surface area contributed by atoms with Crippen molar-refractivity contribution in [3.8, 4) is 39.0 Å². The van der Waals surface area contributed by atoms with E-state index in [2.05, 4.69) is 41.6 Å².